The lowest BCUT2D eigenvalue weighted by molar-refractivity contribution is 0.427. The van der Waals surface area contributed by atoms with Gasteiger partial charge in [0.15, 0.2) is 0 Å². The van der Waals surface area contributed by atoms with Crippen LogP contribution in [0.4, 0.5) is 0 Å². The van der Waals surface area contributed by atoms with Crippen LogP contribution in [0.25, 0.3) is 0 Å². The van der Waals surface area contributed by atoms with Crippen LogP contribution in [0.5, 0.6) is 0 Å². The molecule has 0 aliphatic heterocycles. The molecule has 121 valence electrons. The molecule has 0 aromatic rings. The fraction of sp³-hybridized carbons (Fsp3) is 0.950. The summed E-state index contributed by atoms with van der Waals surface area (Å²) < 4.78 is 0. The Morgan fingerprint density at radius 1 is 0.550 bits per heavy atom. The first-order valence-electron chi connectivity index (χ1n) is 9.46. The van der Waals surface area contributed by atoms with E-state index in [1.165, 1.54) is 83.5 Å². The van der Waals surface area contributed by atoms with E-state index < -0.39 is 0 Å². The van der Waals surface area contributed by atoms with Crippen LogP contribution in [0, 0.1) is 18.8 Å². The van der Waals surface area contributed by atoms with Crippen molar-refractivity contribution >= 4 is 0 Å². The highest BCUT2D eigenvalue weighted by Crippen LogP contribution is 2.18. The maximum atomic E-state index is 3.90. The molecule has 0 rings (SSSR count). The van der Waals surface area contributed by atoms with Gasteiger partial charge >= 0.3 is 0 Å². The van der Waals surface area contributed by atoms with E-state index in [2.05, 4.69) is 27.7 Å². The van der Waals surface area contributed by atoms with Gasteiger partial charge in [0, 0.05) is 0 Å². The zero-order valence-corrected chi connectivity index (χ0v) is 14.8. The summed E-state index contributed by atoms with van der Waals surface area (Å²) in [4.78, 5) is 0. The van der Waals surface area contributed by atoms with E-state index in [1.807, 2.05) is 0 Å². The molecule has 0 heterocycles. The van der Waals surface area contributed by atoms with Crippen LogP contribution in [0.1, 0.15) is 111 Å². The first-order chi connectivity index (χ1) is 9.66. The smallest absolute Gasteiger partial charge is 0.0443 e. The molecule has 20 heavy (non-hydrogen) atoms. The third-order valence-corrected chi connectivity index (χ3v) is 4.43. The Morgan fingerprint density at radius 3 is 1.40 bits per heavy atom. The Morgan fingerprint density at radius 2 is 0.950 bits per heavy atom. The lowest BCUT2D eigenvalue weighted by Gasteiger charge is -2.11. The van der Waals surface area contributed by atoms with E-state index in [4.69, 9.17) is 0 Å². The van der Waals surface area contributed by atoms with Gasteiger partial charge in [-0.1, -0.05) is 118 Å². The van der Waals surface area contributed by atoms with Gasteiger partial charge in [-0.15, -0.1) is 0 Å². The fourth-order valence-electron chi connectivity index (χ4n) is 2.92. The number of rotatable bonds is 15. The Kier molecular flexibility index (Phi) is 15.4. The van der Waals surface area contributed by atoms with Gasteiger partial charge in [0.2, 0.25) is 0 Å². The summed E-state index contributed by atoms with van der Waals surface area (Å²) in [7, 11) is 0. The lowest BCUT2D eigenvalue weighted by atomic mass is 9.95. The average molecular weight is 282 g/mol. The molecule has 0 saturated carbocycles. The minimum absolute atomic E-state index is 0.891. The third kappa shape index (κ3) is 16.1. The predicted molar refractivity (Wildman–Crippen MR) is 94.0 cm³/mol. The van der Waals surface area contributed by atoms with Crippen molar-refractivity contribution in [3.8, 4) is 0 Å². The molecule has 0 nitrogen and oxygen atoms in total. The van der Waals surface area contributed by atoms with Gasteiger partial charge in [-0.2, -0.15) is 0 Å². The monoisotopic (exact) mass is 281 g/mol. The highest BCUT2D eigenvalue weighted by Gasteiger charge is 2.02. The summed E-state index contributed by atoms with van der Waals surface area (Å²) in [6.45, 7) is 11.0. The van der Waals surface area contributed by atoms with Crippen molar-refractivity contribution in [2.45, 2.75) is 111 Å². The van der Waals surface area contributed by atoms with E-state index in [-0.39, 0.29) is 0 Å². The van der Waals surface area contributed by atoms with E-state index in [0.717, 1.165) is 18.3 Å². The first kappa shape index (κ1) is 20.0. The number of hydrogen-bond donors (Lipinski definition) is 0. The van der Waals surface area contributed by atoms with Crippen molar-refractivity contribution in [2.24, 2.45) is 11.8 Å². The second-order valence-corrected chi connectivity index (χ2v) is 7.25. The molecule has 0 aromatic heterocycles. The van der Waals surface area contributed by atoms with Gasteiger partial charge in [-0.05, 0) is 11.8 Å². The molecule has 0 fully saturated rings. The minimum Gasteiger partial charge on any atom is -0.0628 e. The van der Waals surface area contributed by atoms with Gasteiger partial charge in [-0.3, -0.25) is 0 Å². The van der Waals surface area contributed by atoms with Crippen LogP contribution in [-0.4, -0.2) is 0 Å². The molecule has 0 bridgehead atoms. The molecule has 0 aliphatic carbocycles. The van der Waals surface area contributed by atoms with Crippen molar-refractivity contribution in [3.05, 3.63) is 6.92 Å². The summed E-state index contributed by atoms with van der Waals surface area (Å²) in [5.41, 5.74) is 0. The van der Waals surface area contributed by atoms with E-state index in [0.29, 0.717) is 0 Å². The molecule has 0 aliphatic rings. The molecule has 1 atom stereocenters. The molecular weight excluding hydrogens is 240 g/mol. The van der Waals surface area contributed by atoms with Crippen LogP contribution in [0.2, 0.25) is 0 Å². The maximum Gasteiger partial charge on any atom is -0.0443 e. The summed E-state index contributed by atoms with van der Waals surface area (Å²) in [6.07, 6.45) is 19.8. The van der Waals surface area contributed by atoms with Crippen molar-refractivity contribution in [1.29, 1.82) is 0 Å². The predicted octanol–water partition coefficient (Wildman–Crippen LogP) is 7.57. The van der Waals surface area contributed by atoms with Gasteiger partial charge < -0.3 is 0 Å². The summed E-state index contributed by atoms with van der Waals surface area (Å²) in [6, 6.07) is 0. The number of unbranched alkanes of at least 4 members (excludes halogenated alkanes) is 9. The van der Waals surface area contributed by atoms with Crippen molar-refractivity contribution < 1.29 is 0 Å². The van der Waals surface area contributed by atoms with Crippen molar-refractivity contribution in [3.63, 3.8) is 0 Å². The van der Waals surface area contributed by atoms with Crippen LogP contribution in [0.15, 0.2) is 0 Å². The minimum atomic E-state index is 0.891. The summed E-state index contributed by atoms with van der Waals surface area (Å²) >= 11 is 0. The number of hydrogen-bond acceptors (Lipinski definition) is 0. The molecule has 0 aromatic carbocycles. The van der Waals surface area contributed by atoms with E-state index >= 15 is 0 Å². The first-order valence-corrected chi connectivity index (χ1v) is 9.46. The highest BCUT2D eigenvalue weighted by molar-refractivity contribution is 4.56. The van der Waals surface area contributed by atoms with Crippen LogP contribution in [-0.2, 0) is 0 Å². The quantitative estimate of drug-likeness (QED) is 0.271. The van der Waals surface area contributed by atoms with Crippen LogP contribution < -0.4 is 0 Å². The van der Waals surface area contributed by atoms with Crippen LogP contribution >= 0.6 is 0 Å². The average Bonchev–Trinajstić information content (AvgIpc) is 2.41. The standard InChI is InChI=1S/C20H41/c1-5-6-7-8-9-10-14-17-20(4)18-15-12-11-13-16-19(2)3/h19-20H,1,5-18H2,2-4H3. The van der Waals surface area contributed by atoms with Gasteiger partial charge in [0.25, 0.3) is 0 Å². The second-order valence-electron chi connectivity index (χ2n) is 7.25. The molecule has 0 heteroatoms. The third-order valence-electron chi connectivity index (χ3n) is 4.43. The SMILES string of the molecule is [CH2]CCCCCCCCC(C)CCCCCCC(C)C. The largest absolute Gasteiger partial charge is 0.0628 e. The molecule has 0 saturated heterocycles. The van der Waals surface area contributed by atoms with E-state index in [1.54, 1.807) is 0 Å². The van der Waals surface area contributed by atoms with Crippen molar-refractivity contribution in [2.75, 3.05) is 0 Å². The summed E-state index contributed by atoms with van der Waals surface area (Å²) in [5.74, 6) is 1.85. The highest BCUT2D eigenvalue weighted by atomic mass is 14.1. The van der Waals surface area contributed by atoms with Crippen molar-refractivity contribution in [1.82, 2.24) is 0 Å². The zero-order chi connectivity index (χ0) is 15.1. The molecule has 0 amide bonds. The zero-order valence-electron chi connectivity index (χ0n) is 14.8. The molecule has 0 spiro atoms. The molecule has 1 radical (unpaired) electrons. The maximum absolute atomic E-state index is 3.90. The lowest BCUT2D eigenvalue weighted by Crippen LogP contribution is -1.95. The topological polar surface area (TPSA) is 0 Å². The van der Waals surface area contributed by atoms with Gasteiger partial charge in [-0.25, -0.2) is 0 Å². The fourth-order valence-corrected chi connectivity index (χ4v) is 2.92. The Balaban J connectivity index is 3.14. The van der Waals surface area contributed by atoms with Crippen LogP contribution in [0.3, 0.4) is 0 Å². The summed E-state index contributed by atoms with van der Waals surface area (Å²) in [5, 5.41) is 0. The Labute approximate surface area is 130 Å². The second kappa shape index (κ2) is 15.4. The Bertz CT molecular complexity index is 171. The normalized spacial score (nSPS) is 13.1. The molecule has 1 unspecified atom stereocenters. The molecular formula is C20H41. The Hall–Kier alpha value is 0. The van der Waals surface area contributed by atoms with Gasteiger partial charge in [0.1, 0.15) is 0 Å². The van der Waals surface area contributed by atoms with E-state index in [9.17, 15) is 0 Å². The van der Waals surface area contributed by atoms with Gasteiger partial charge in [0.05, 0.1) is 0 Å². The molecule has 0 N–H and O–H groups in total.